The Hall–Kier alpha value is -3.48. The Morgan fingerprint density at radius 3 is 2.30 bits per heavy atom. The summed E-state index contributed by atoms with van der Waals surface area (Å²) in [6, 6.07) is 15.1. The summed E-state index contributed by atoms with van der Waals surface area (Å²) in [5.41, 5.74) is 4.86. The van der Waals surface area contributed by atoms with E-state index in [1.165, 1.54) is 0 Å². The number of hydrogen-bond acceptors (Lipinski definition) is 4. The summed E-state index contributed by atoms with van der Waals surface area (Å²) < 4.78 is 0. The predicted octanol–water partition coefficient (Wildman–Crippen LogP) is 0.998. The molecule has 0 bridgehead atoms. The molecule has 0 unspecified atom stereocenters. The molecule has 3 N–H and O–H groups in total. The summed E-state index contributed by atoms with van der Waals surface area (Å²) in [6.45, 7) is 0. The molecule has 0 saturated carbocycles. The number of benzene rings is 2. The van der Waals surface area contributed by atoms with Gasteiger partial charge < -0.3 is 4.98 Å². The molecule has 0 aliphatic heterocycles. The van der Waals surface area contributed by atoms with Crippen molar-refractivity contribution in [3.63, 3.8) is 0 Å². The number of amides is 2. The van der Waals surface area contributed by atoms with Gasteiger partial charge in [-0.1, -0.05) is 30.3 Å². The highest BCUT2D eigenvalue weighted by Crippen LogP contribution is 2.05. The van der Waals surface area contributed by atoms with E-state index in [1.807, 2.05) is 0 Å². The quantitative estimate of drug-likeness (QED) is 0.614. The van der Waals surface area contributed by atoms with Crippen LogP contribution in [0.25, 0.3) is 10.9 Å². The van der Waals surface area contributed by atoms with E-state index in [0.717, 1.165) is 0 Å². The number of aromatic nitrogens is 2. The van der Waals surface area contributed by atoms with Crippen molar-refractivity contribution < 1.29 is 9.59 Å². The van der Waals surface area contributed by atoms with E-state index in [-0.39, 0.29) is 5.82 Å². The molecule has 0 radical (unpaired) electrons. The maximum absolute atomic E-state index is 12.0. The summed E-state index contributed by atoms with van der Waals surface area (Å²) in [5.74, 6) is -1.36. The lowest BCUT2D eigenvalue weighted by Gasteiger charge is -2.07. The smallest absolute Gasteiger partial charge is 0.302 e. The first-order valence-electron chi connectivity index (χ1n) is 6.80. The monoisotopic (exact) mass is 308 g/mol. The summed E-state index contributed by atoms with van der Waals surface area (Å²) in [4.78, 5) is 42.2. The van der Waals surface area contributed by atoms with Crippen LogP contribution in [0.2, 0.25) is 0 Å². The zero-order chi connectivity index (χ0) is 16.2. The fraction of sp³-hybridized carbons (Fsp3) is 0. The third-order valence-electron chi connectivity index (χ3n) is 3.15. The zero-order valence-electron chi connectivity index (χ0n) is 11.9. The second-order valence-electron chi connectivity index (χ2n) is 4.71. The van der Waals surface area contributed by atoms with Gasteiger partial charge in [0.05, 0.1) is 10.9 Å². The van der Waals surface area contributed by atoms with Crippen molar-refractivity contribution in [3.8, 4) is 0 Å². The van der Waals surface area contributed by atoms with E-state index in [4.69, 9.17) is 0 Å². The third-order valence-corrected chi connectivity index (χ3v) is 3.15. The lowest BCUT2D eigenvalue weighted by Crippen LogP contribution is -2.42. The van der Waals surface area contributed by atoms with Gasteiger partial charge in [-0.05, 0) is 24.3 Å². The number of hydrogen-bond donors (Lipinski definition) is 3. The van der Waals surface area contributed by atoms with Crippen LogP contribution in [0.1, 0.15) is 21.0 Å². The number of aromatic amines is 1. The Labute approximate surface area is 130 Å². The highest BCUT2D eigenvalue weighted by atomic mass is 16.2. The van der Waals surface area contributed by atoms with Gasteiger partial charge in [-0.2, -0.15) is 0 Å². The minimum absolute atomic E-state index is 0.179. The summed E-state index contributed by atoms with van der Waals surface area (Å²) in [5, 5.41) is 0.386. The Kier molecular flexibility index (Phi) is 3.84. The fourth-order valence-corrected chi connectivity index (χ4v) is 2.03. The highest BCUT2D eigenvalue weighted by molar-refractivity contribution is 5.98. The normalized spacial score (nSPS) is 10.3. The molecule has 7 heteroatoms. The molecule has 2 amide bonds. The molecule has 0 aliphatic rings. The number of rotatable bonds is 2. The Morgan fingerprint density at radius 1 is 0.870 bits per heavy atom. The van der Waals surface area contributed by atoms with E-state index >= 15 is 0 Å². The van der Waals surface area contributed by atoms with Crippen LogP contribution < -0.4 is 16.4 Å². The van der Waals surface area contributed by atoms with Crippen LogP contribution in [0.4, 0.5) is 0 Å². The van der Waals surface area contributed by atoms with Crippen LogP contribution >= 0.6 is 0 Å². The van der Waals surface area contributed by atoms with Gasteiger partial charge in [0.2, 0.25) is 5.82 Å². The molecule has 0 fully saturated rings. The first-order valence-corrected chi connectivity index (χ1v) is 6.80. The third kappa shape index (κ3) is 3.08. The number of hydrazine groups is 1. The van der Waals surface area contributed by atoms with E-state index in [1.54, 1.807) is 54.6 Å². The lowest BCUT2D eigenvalue weighted by molar-refractivity contribution is 0.0841. The van der Waals surface area contributed by atoms with Crippen molar-refractivity contribution in [2.75, 3.05) is 0 Å². The van der Waals surface area contributed by atoms with Gasteiger partial charge in [0.15, 0.2) is 0 Å². The van der Waals surface area contributed by atoms with E-state index in [2.05, 4.69) is 20.8 Å². The molecule has 2 aromatic carbocycles. The zero-order valence-corrected chi connectivity index (χ0v) is 11.9. The van der Waals surface area contributed by atoms with Crippen LogP contribution in [0.3, 0.4) is 0 Å². The van der Waals surface area contributed by atoms with Crippen molar-refractivity contribution in [1.82, 2.24) is 20.8 Å². The highest BCUT2D eigenvalue weighted by Gasteiger charge is 2.12. The number of para-hydroxylation sites is 1. The van der Waals surface area contributed by atoms with E-state index < -0.39 is 17.4 Å². The second-order valence-corrected chi connectivity index (χ2v) is 4.71. The SMILES string of the molecule is O=C(NNC(=O)c1nc2ccccc2c(=O)[nH]1)c1ccccc1. The molecule has 1 aromatic heterocycles. The molecule has 0 saturated heterocycles. The van der Waals surface area contributed by atoms with Crippen LogP contribution in [-0.4, -0.2) is 21.8 Å². The van der Waals surface area contributed by atoms with Crippen LogP contribution in [0.15, 0.2) is 59.4 Å². The molecule has 3 aromatic rings. The molecule has 7 nitrogen and oxygen atoms in total. The standard InChI is InChI=1S/C16H12N4O3/c21-14(10-6-2-1-3-7-10)19-20-16(23)13-17-12-9-5-4-8-11(12)15(22)18-13/h1-9H,(H,19,21)(H,20,23)(H,17,18,22). The number of H-pyrrole nitrogens is 1. The first kappa shape index (κ1) is 14.5. The summed E-state index contributed by atoms with van der Waals surface area (Å²) in [6.07, 6.45) is 0. The number of carbonyl (C=O) groups excluding carboxylic acids is 2. The van der Waals surface area contributed by atoms with Gasteiger partial charge in [-0.3, -0.25) is 25.2 Å². The molecule has 114 valence electrons. The average molecular weight is 308 g/mol. The van der Waals surface area contributed by atoms with Gasteiger partial charge in [-0.15, -0.1) is 0 Å². The summed E-state index contributed by atoms with van der Waals surface area (Å²) in [7, 11) is 0. The van der Waals surface area contributed by atoms with Gasteiger partial charge in [0.1, 0.15) is 0 Å². The maximum Gasteiger partial charge on any atom is 0.305 e. The van der Waals surface area contributed by atoms with Crippen molar-refractivity contribution in [2.24, 2.45) is 0 Å². The number of nitrogens with zero attached hydrogens (tertiary/aromatic N) is 1. The topological polar surface area (TPSA) is 104 Å². The van der Waals surface area contributed by atoms with Crippen molar-refractivity contribution in [2.45, 2.75) is 0 Å². The van der Waals surface area contributed by atoms with E-state index in [9.17, 15) is 14.4 Å². The first-order chi connectivity index (χ1) is 11.1. The fourth-order valence-electron chi connectivity index (χ4n) is 2.03. The molecule has 1 heterocycles. The maximum atomic E-state index is 12.0. The van der Waals surface area contributed by atoms with Crippen LogP contribution in [0.5, 0.6) is 0 Å². The minimum atomic E-state index is -0.711. The minimum Gasteiger partial charge on any atom is -0.302 e. The van der Waals surface area contributed by atoms with Crippen molar-refractivity contribution in [1.29, 1.82) is 0 Å². The Morgan fingerprint density at radius 2 is 1.52 bits per heavy atom. The summed E-state index contributed by atoms with van der Waals surface area (Å²) >= 11 is 0. The molecule has 23 heavy (non-hydrogen) atoms. The van der Waals surface area contributed by atoms with Crippen LogP contribution in [-0.2, 0) is 0 Å². The Bertz CT molecular complexity index is 935. The van der Waals surface area contributed by atoms with Crippen molar-refractivity contribution >= 4 is 22.7 Å². The number of carbonyl (C=O) groups is 2. The molecular formula is C16H12N4O3. The van der Waals surface area contributed by atoms with Gasteiger partial charge in [-0.25, -0.2) is 4.98 Å². The number of nitrogens with one attached hydrogen (secondary N) is 3. The molecule has 3 rings (SSSR count). The van der Waals surface area contributed by atoms with Gasteiger partial charge in [0.25, 0.3) is 11.5 Å². The van der Waals surface area contributed by atoms with Crippen LogP contribution in [0, 0.1) is 0 Å². The van der Waals surface area contributed by atoms with E-state index in [0.29, 0.717) is 16.5 Å². The van der Waals surface area contributed by atoms with Gasteiger partial charge >= 0.3 is 5.91 Å². The molecule has 0 spiro atoms. The number of fused-ring (bicyclic) bond motifs is 1. The Balaban J connectivity index is 1.76. The molecule has 0 atom stereocenters. The van der Waals surface area contributed by atoms with Crippen molar-refractivity contribution in [3.05, 3.63) is 76.3 Å². The lowest BCUT2D eigenvalue weighted by atomic mass is 10.2. The molecular weight excluding hydrogens is 296 g/mol. The average Bonchev–Trinajstić information content (AvgIpc) is 2.60. The molecule has 0 aliphatic carbocycles. The largest absolute Gasteiger partial charge is 0.305 e. The van der Waals surface area contributed by atoms with Gasteiger partial charge in [0, 0.05) is 5.56 Å². The predicted molar refractivity (Wildman–Crippen MR) is 83.7 cm³/mol. The second kappa shape index (κ2) is 6.10.